The van der Waals surface area contributed by atoms with Crippen LogP contribution in [0.1, 0.15) is 39.0 Å². The Morgan fingerprint density at radius 1 is 1.33 bits per heavy atom. The molecule has 1 fully saturated rings. The summed E-state index contributed by atoms with van der Waals surface area (Å²) in [6.45, 7) is 2.68. The van der Waals surface area contributed by atoms with E-state index < -0.39 is 0 Å². The first-order valence-corrected chi connectivity index (χ1v) is 6.05. The number of carbonyl (C=O) groups excluding carboxylic acids is 1. The molecular formula is C12H24N2O. The number of nitrogens with zero attached hydrogens (tertiary/aromatic N) is 1. The highest BCUT2D eigenvalue weighted by molar-refractivity contribution is 5.77. The molecule has 0 saturated heterocycles. The minimum Gasteiger partial charge on any atom is -0.348 e. The van der Waals surface area contributed by atoms with E-state index in [0.29, 0.717) is 12.6 Å². The molecule has 1 rings (SSSR count). The van der Waals surface area contributed by atoms with E-state index in [0.717, 1.165) is 5.92 Å². The van der Waals surface area contributed by atoms with E-state index >= 15 is 0 Å². The molecule has 0 aromatic heterocycles. The molecule has 1 aliphatic rings. The molecule has 0 heterocycles. The summed E-state index contributed by atoms with van der Waals surface area (Å²) in [5.41, 5.74) is 0. The van der Waals surface area contributed by atoms with Gasteiger partial charge in [-0.2, -0.15) is 0 Å². The molecule has 0 spiro atoms. The van der Waals surface area contributed by atoms with Crippen molar-refractivity contribution in [2.45, 2.75) is 45.1 Å². The van der Waals surface area contributed by atoms with Crippen LogP contribution in [-0.4, -0.2) is 37.5 Å². The minimum atomic E-state index is 0.164. The average Bonchev–Trinajstić information content (AvgIpc) is 2.26. The Bertz CT molecular complexity index is 198. The van der Waals surface area contributed by atoms with E-state index in [4.69, 9.17) is 0 Å². The standard InChI is InChI=1S/C12H24N2O/c1-10(11-7-5-4-6-8-11)13-9-12(15)14(2)3/h10-11,13H,4-9H2,1-3H3/t10-/m1/s1. The molecule has 1 atom stereocenters. The molecule has 3 nitrogen and oxygen atoms in total. The van der Waals surface area contributed by atoms with Crippen molar-refractivity contribution in [3.05, 3.63) is 0 Å². The number of amides is 1. The van der Waals surface area contributed by atoms with Gasteiger partial charge in [0.15, 0.2) is 0 Å². The lowest BCUT2D eigenvalue weighted by molar-refractivity contribution is -0.127. The highest BCUT2D eigenvalue weighted by atomic mass is 16.2. The molecule has 0 aromatic carbocycles. The molecule has 3 heteroatoms. The summed E-state index contributed by atoms with van der Waals surface area (Å²) in [5, 5.41) is 3.34. The van der Waals surface area contributed by atoms with Gasteiger partial charge in [0.1, 0.15) is 0 Å². The predicted molar refractivity (Wildman–Crippen MR) is 62.7 cm³/mol. The fourth-order valence-corrected chi connectivity index (χ4v) is 2.21. The van der Waals surface area contributed by atoms with Crippen molar-refractivity contribution in [2.75, 3.05) is 20.6 Å². The van der Waals surface area contributed by atoms with Gasteiger partial charge in [0.25, 0.3) is 0 Å². The molecule has 1 N–H and O–H groups in total. The van der Waals surface area contributed by atoms with Gasteiger partial charge in [-0.15, -0.1) is 0 Å². The van der Waals surface area contributed by atoms with Crippen molar-refractivity contribution in [1.82, 2.24) is 10.2 Å². The van der Waals surface area contributed by atoms with E-state index in [9.17, 15) is 4.79 Å². The molecule has 0 bridgehead atoms. The van der Waals surface area contributed by atoms with E-state index in [1.54, 1.807) is 19.0 Å². The zero-order valence-electron chi connectivity index (χ0n) is 10.3. The first-order chi connectivity index (χ1) is 7.11. The lowest BCUT2D eigenvalue weighted by Crippen LogP contribution is -2.41. The van der Waals surface area contributed by atoms with Crippen molar-refractivity contribution in [2.24, 2.45) is 5.92 Å². The third-order valence-corrected chi connectivity index (χ3v) is 3.43. The molecule has 1 saturated carbocycles. The van der Waals surface area contributed by atoms with Crippen molar-refractivity contribution in [3.63, 3.8) is 0 Å². The Labute approximate surface area is 93.2 Å². The maximum absolute atomic E-state index is 11.4. The van der Waals surface area contributed by atoms with Gasteiger partial charge in [0.05, 0.1) is 6.54 Å². The van der Waals surface area contributed by atoms with Gasteiger partial charge < -0.3 is 10.2 Å². The van der Waals surface area contributed by atoms with Crippen LogP contribution in [0.4, 0.5) is 0 Å². The maximum Gasteiger partial charge on any atom is 0.236 e. The van der Waals surface area contributed by atoms with Gasteiger partial charge in [0, 0.05) is 20.1 Å². The second-order valence-electron chi connectivity index (χ2n) is 4.86. The maximum atomic E-state index is 11.4. The summed E-state index contributed by atoms with van der Waals surface area (Å²) < 4.78 is 0. The Balaban J connectivity index is 2.22. The smallest absolute Gasteiger partial charge is 0.236 e. The zero-order valence-corrected chi connectivity index (χ0v) is 10.3. The van der Waals surface area contributed by atoms with Crippen LogP contribution < -0.4 is 5.32 Å². The van der Waals surface area contributed by atoms with Crippen LogP contribution in [0, 0.1) is 5.92 Å². The third-order valence-electron chi connectivity index (χ3n) is 3.43. The van der Waals surface area contributed by atoms with Crippen molar-refractivity contribution in [1.29, 1.82) is 0 Å². The third kappa shape index (κ3) is 4.20. The van der Waals surface area contributed by atoms with Crippen LogP contribution in [-0.2, 0) is 4.79 Å². The van der Waals surface area contributed by atoms with Crippen LogP contribution in [0.25, 0.3) is 0 Å². The lowest BCUT2D eigenvalue weighted by atomic mass is 9.84. The zero-order chi connectivity index (χ0) is 11.3. The Kier molecular flexibility index (Phi) is 5.09. The molecule has 1 aliphatic carbocycles. The summed E-state index contributed by atoms with van der Waals surface area (Å²) in [7, 11) is 3.60. The van der Waals surface area contributed by atoms with Crippen LogP contribution in [0.5, 0.6) is 0 Å². The first kappa shape index (κ1) is 12.5. The van der Waals surface area contributed by atoms with Crippen LogP contribution in [0.2, 0.25) is 0 Å². The second-order valence-corrected chi connectivity index (χ2v) is 4.86. The normalized spacial score (nSPS) is 19.9. The number of carbonyl (C=O) groups is 1. The molecule has 0 radical (unpaired) electrons. The highest BCUT2D eigenvalue weighted by Crippen LogP contribution is 2.26. The topological polar surface area (TPSA) is 32.3 Å². The van der Waals surface area contributed by atoms with Crippen molar-refractivity contribution < 1.29 is 4.79 Å². The number of hydrogen-bond donors (Lipinski definition) is 1. The van der Waals surface area contributed by atoms with Gasteiger partial charge in [-0.05, 0) is 25.7 Å². The molecule has 0 aliphatic heterocycles. The molecular weight excluding hydrogens is 188 g/mol. The summed E-state index contributed by atoms with van der Waals surface area (Å²) >= 11 is 0. The number of likely N-dealkylation sites (N-methyl/N-ethyl adjacent to an activating group) is 1. The van der Waals surface area contributed by atoms with Crippen LogP contribution >= 0.6 is 0 Å². The summed E-state index contributed by atoms with van der Waals surface area (Å²) in [4.78, 5) is 13.0. The average molecular weight is 212 g/mol. The molecule has 15 heavy (non-hydrogen) atoms. The fraction of sp³-hybridized carbons (Fsp3) is 0.917. The number of rotatable bonds is 4. The summed E-state index contributed by atoms with van der Waals surface area (Å²) in [6.07, 6.45) is 6.76. The van der Waals surface area contributed by atoms with Gasteiger partial charge in [-0.25, -0.2) is 0 Å². The van der Waals surface area contributed by atoms with Gasteiger partial charge in [-0.1, -0.05) is 19.3 Å². The van der Waals surface area contributed by atoms with Gasteiger partial charge in [-0.3, -0.25) is 4.79 Å². The van der Waals surface area contributed by atoms with E-state index in [1.807, 2.05) is 0 Å². The van der Waals surface area contributed by atoms with Crippen LogP contribution in [0.15, 0.2) is 0 Å². The molecule has 0 aromatic rings. The van der Waals surface area contributed by atoms with Crippen molar-refractivity contribution in [3.8, 4) is 0 Å². The highest BCUT2D eigenvalue weighted by Gasteiger charge is 2.20. The Hall–Kier alpha value is -0.570. The first-order valence-electron chi connectivity index (χ1n) is 6.05. The quantitative estimate of drug-likeness (QED) is 0.768. The number of hydrogen-bond acceptors (Lipinski definition) is 2. The molecule has 0 unspecified atom stereocenters. The summed E-state index contributed by atoms with van der Waals surface area (Å²) in [5.74, 6) is 0.936. The monoisotopic (exact) mass is 212 g/mol. The second kappa shape index (κ2) is 6.11. The van der Waals surface area contributed by atoms with E-state index in [2.05, 4.69) is 12.2 Å². The SMILES string of the molecule is C[C@@H](NCC(=O)N(C)C)C1CCCCC1. The molecule has 88 valence electrons. The Morgan fingerprint density at radius 3 is 2.47 bits per heavy atom. The van der Waals surface area contributed by atoms with Gasteiger partial charge >= 0.3 is 0 Å². The van der Waals surface area contributed by atoms with Crippen LogP contribution in [0.3, 0.4) is 0 Å². The lowest BCUT2D eigenvalue weighted by Gasteiger charge is -2.28. The fourth-order valence-electron chi connectivity index (χ4n) is 2.21. The molecule has 1 amide bonds. The summed E-state index contributed by atoms with van der Waals surface area (Å²) in [6, 6.07) is 0.481. The van der Waals surface area contributed by atoms with Gasteiger partial charge in [0.2, 0.25) is 5.91 Å². The number of nitrogens with one attached hydrogen (secondary N) is 1. The van der Waals surface area contributed by atoms with Crippen molar-refractivity contribution >= 4 is 5.91 Å². The minimum absolute atomic E-state index is 0.164. The van der Waals surface area contributed by atoms with E-state index in [-0.39, 0.29) is 5.91 Å². The van der Waals surface area contributed by atoms with E-state index in [1.165, 1.54) is 32.1 Å². The largest absolute Gasteiger partial charge is 0.348 e. The Morgan fingerprint density at radius 2 is 1.93 bits per heavy atom. The predicted octanol–water partition coefficient (Wildman–Crippen LogP) is 1.63.